The molecule has 13 heavy (non-hydrogen) atoms. The number of likely N-dealkylation sites (tertiary alicyclic amines) is 2. The Kier molecular flexibility index (Phi) is 2.40. The van der Waals surface area contributed by atoms with Gasteiger partial charge in [0, 0.05) is 32.2 Å². The molecule has 0 bridgehead atoms. The molecule has 0 aromatic rings. The Labute approximate surface area is 78.7 Å². The summed E-state index contributed by atoms with van der Waals surface area (Å²) in [5.41, 5.74) is 5.75. The number of carbonyl (C=O) groups is 1. The lowest BCUT2D eigenvalue weighted by Gasteiger charge is -2.23. The predicted octanol–water partition coefficient (Wildman–Crippen LogP) is 0.235. The van der Waals surface area contributed by atoms with Gasteiger partial charge in [0.05, 0.1) is 0 Å². The number of rotatable bonds is 0. The summed E-state index contributed by atoms with van der Waals surface area (Å²) in [4.78, 5) is 15.6. The highest BCUT2D eigenvalue weighted by Gasteiger charge is 2.28. The van der Waals surface area contributed by atoms with Gasteiger partial charge in [-0.15, -0.1) is 0 Å². The first-order valence-corrected chi connectivity index (χ1v) is 5.07. The van der Waals surface area contributed by atoms with E-state index in [1.807, 2.05) is 9.80 Å². The Morgan fingerprint density at radius 1 is 1.15 bits per heavy atom. The molecule has 0 aromatic carbocycles. The van der Waals surface area contributed by atoms with Crippen molar-refractivity contribution in [2.24, 2.45) is 5.73 Å². The van der Waals surface area contributed by atoms with E-state index in [1.54, 1.807) is 0 Å². The smallest absolute Gasteiger partial charge is 0.320 e. The molecule has 2 aliphatic rings. The van der Waals surface area contributed by atoms with Crippen LogP contribution in [0.2, 0.25) is 0 Å². The maximum Gasteiger partial charge on any atom is 0.320 e. The lowest BCUT2D eigenvalue weighted by Crippen LogP contribution is -2.41. The van der Waals surface area contributed by atoms with E-state index in [0.29, 0.717) is 0 Å². The van der Waals surface area contributed by atoms with Crippen LogP contribution in [0.1, 0.15) is 19.3 Å². The van der Waals surface area contributed by atoms with E-state index in [4.69, 9.17) is 5.73 Å². The largest absolute Gasteiger partial charge is 0.326 e. The lowest BCUT2D eigenvalue weighted by molar-refractivity contribution is 0.172. The molecule has 2 amide bonds. The minimum atomic E-state index is 0.199. The predicted molar refractivity (Wildman–Crippen MR) is 50.4 cm³/mol. The molecule has 74 valence electrons. The first-order valence-electron chi connectivity index (χ1n) is 5.07. The molecule has 1 unspecified atom stereocenters. The van der Waals surface area contributed by atoms with Crippen LogP contribution in [-0.2, 0) is 0 Å². The Balaban J connectivity index is 1.89. The number of nitrogens with zero attached hydrogens (tertiary/aromatic N) is 2. The maximum atomic E-state index is 11.8. The zero-order valence-electron chi connectivity index (χ0n) is 7.91. The van der Waals surface area contributed by atoms with Crippen molar-refractivity contribution in [2.75, 3.05) is 26.2 Å². The van der Waals surface area contributed by atoms with Gasteiger partial charge in [-0.05, 0) is 19.3 Å². The molecule has 2 heterocycles. The van der Waals surface area contributed by atoms with Gasteiger partial charge in [-0.2, -0.15) is 0 Å². The average molecular weight is 183 g/mol. The number of hydrogen-bond donors (Lipinski definition) is 1. The van der Waals surface area contributed by atoms with Crippen molar-refractivity contribution in [1.29, 1.82) is 0 Å². The Morgan fingerprint density at radius 3 is 2.38 bits per heavy atom. The summed E-state index contributed by atoms with van der Waals surface area (Å²) in [7, 11) is 0. The van der Waals surface area contributed by atoms with Gasteiger partial charge in [-0.3, -0.25) is 0 Å². The van der Waals surface area contributed by atoms with Gasteiger partial charge in [-0.25, -0.2) is 4.79 Å². The van der Waals surface area contributed by atoms with Crippen LogP contribution in [0.5, 0.6) is 0 Å². The highest BCUT2D eigenvalue weighted by atomic mass is 16.2. The van der Waals surface area contributed by atoms with Crippen molar-refractivity contribution < 1.29 is 4.79 Å². The van der Waals surface area contributed by atoms with Crippen LogP contribution in [0.4, 0.5) is 4.79 Å². The van der Waals surface area contributed by atoms with Crippen molar-refractivity contribution in [2.45, 2.75) is 25.3 Å². The van der Waals surface area contributed by atoms with Gasteiger partial charge in [0.25, 0.3) is 0 Å². The van der Waals surface area contributed by atoms with E-state index in [2.05, 4.69) is 0 Å². The summed E-state index contributed by atoms with van der Waals surface area (Å²) in [6, 6.07) is 0.400. The second-order valence-corrected chi connectivity index (χ2v) is 3.97. The van der Waals surface area contributed by atoms with E-state index in [1.165, 1.54) is 0 Å². The van der Waals surface area contributed by atoms with Crippen LogP contribution < -0.4 is 5.73 Å². The van der Waals surface area contributed by atoms with Crippen LogP contribution >= 0.6 is 0 Å². The van der Waals surface area contributed by atoms with Crippen molar-refractivity contribution in [3.63, 3.8) is 0 Å². The molecule has 0 aromatic heterocycles. The third kappa shape index (κ3) is 1.77. The van der Waals surface area contributed by atoms with Crippen molar-refractivity contribution in [3.8, 4) is 0 Å². The van der Waals surface area contributed by atoms with Crippen molar-refractivity contribution >= 4 is 6.03 Å². The molecule has 2 fully saturated rings. The summed E-state index contributed by atoms with van der Waals surface area (Å²) in [5.74, 6) is 0. The Bertz CT molecular complexity index is 201. The normalized spacial score (nSPS) is 28.5. The van der Waals surface area contributed by atoms with Gasteiger partial charge in [-0.1, -0.05) is 0 Å². The summed E-state index contributed by atoms with van der Waals surface area (Å²) >= 11 is 0. The van der Waals surface area contributed by atoms with E-state index in [9.17, 15) is 4.79 Å². The second-order valence-electron chi connectivity index (χ2n) is 3.97. The molecule has 0 radical (unpaired) electrons. The summed E-state index contributed by atoms with van der Waals surface area (Å²) in [6.07, 6.45) is 3.27. The highest BCUT2D eigenvalue weighted by Crippen LogP contribution is 2.14. The zero-order valence-corrected chi connectivity index (χ0v) is 7.91. The highest BCUT2D eigenvalue weighted by molar-refractivity contribution is 5.75. The number of nitrogens with two attached hydrogens (primary N) is 1. The number of carbonyl (C=O) groups excluding carboxylic acids is 1. The molecular weight excluding hydrogens is 166 g/mol. The molecule has 4 heteroatoms. The minimum Gasteiger partial charge on any atom is -0.326 e. The monoisotopic (exact) mass is 183 g/mol. The molecule has 2 rings (SSSR count). The first-order chi connectivity index (χ1) is 6.27. The molecule has 0 spiro atoms. The molecule has 0 aliphatic carbocycles. The SMILES string of the molecule is NC1CCN(C(=O)N2CCCC2)C1. The number of amides is 2. The van der Waals surface area contributed by atoms with Gasteiger partial charge in [0.1, 0.15) is 0 Å². The van der Waals surface area contributed by atoms with Gasteiger partial charge >= 0.3 is 6.03 Å². The van der Waals surface area contributed by atoms with E-state index in [-0.39, 0.29) is 12.1 Å². The van der Waals surface area contributed by atoms with E-state index >= 15 is 0 Å². The quantitative estimate of drug-likeness (QED) is 0.584. The van der Waals surface area contributed by atoms with Gasteiger partial charge in [0.2, 0.25) is 0 Å². The Morgan fingerprint density at radius 2 is 1.85 bits per heavy atom. The van der Waals surface area contributed by atoms with Crippen LogP contribution in [0, 0.1) is 0 Å². The molecule has 2 saturated heterocycles. The summed E-state index contributed by atoms with van der Waals surface area (Å²) in [5, 5.41) is 0. The van der Waals surface area contributed by atoms with Crippen LogP contribution in [-0.4, -0.2) is 48.1 Å². The van der Waals surface area contributed by atoms with Gasteiger partial charge in [0.15, 0.2) is 0 Å². The zero-order chi connectivity index (χ0) is 9.26. The maximum absolute atomic E-state index is 11.8. The molecular formula is C9H17N3O. The molecule has 0 saturated carbocycles. The van der Waals surface area contributed by atoms with Crippen LogP contribution in [0.3, 0.4) is 0 Å². The number of urea groups is 1. The molecule has 2 aliphatic heterocycles. The minimum absolute atomic E-state index is 0.199. The van der Waals surface area contributed by atoms with Crippen LogP contribution in [0.25, 0.3) is 0 Å². The standard InChI is InChI=1S/C9H17N3O/c10-8-3-6-12(7-8)9(13)11-4-1-2-5-11/h8H,1-7,10H2. The fraction of sp³-hybridized carbons (Fsp3) is 0.889. The molecule has 2 N–H and O–H groups in total. The summed E-state index contributed by atoms with van der Waals surface area (Å²) in [6.45, 7) is 3.46. The lowest BCUT2D eigenvalue weighted by atomic mass is 10.3. The van der Waals surface area contributed by atoms with Crippen LogP contribution in [0.15, 0.2) is 0 Å². The third-order valence-electron chi connectivity index (χ3n) is 2.87. The molecule has 4 nitrogen and oxygen atoms in total. The summed E-state index contributed by atoms with van der Waals surface area (Å²) < 4.78 is 0. The average Bonchev–Trinajstić information content (AvgIpc) is 2.72. The fourth-order valence-corrected chi connectivity index (χ4v) is 2.07. The van der Waals surface area contributed by atoms with Crippen molar-refractivity contribution in [3.05, 3.63) is 0 Å². The molecule has 1 atom stereocenters. The first kappa shape index (κ1) is 8.81. The third-order valence-corrected chi connectivity index (χ3v) is 2.87. The topological polar surface area (TPSA) is 49.6 Å². The van der Waals surface area contributed by atoms with Gasteiger partial charge < -0.3 is 15.5 Å². The second kappa shape index (κ2) is 3.54. The van der Waals surface area contributed by atoms with Crippen molar-refractivity contribution in [1.82, 2.24) is 9.80 Å². The Hall–Kier alpha value is -0.770. The van der Waals surface area contributed by atoms with E-state index in [0.717, 1.165) is 45.4 Å². The number of hydrogen-bond acceptors (Lipinski definition) is 2. The fourth-order valence-electron chi connectivity index (χ4n) is 2.07. The van der Waals surface area contributed by atoms with E-state index < -0.39 is 0 Å².